The van der Waals surface area contributed by atoms with E-state index < -0.39 is 6.04 Å². The van der Waals surface area contributed by atoms with Gasteiger partial charge >= 0.3 is 6.03 Å². The van der Waals surface area contributed by atoms with E-state index in [0.717, 1.165) is 45.3 Å². The first-order chi connectivity index (χ1) is 18.9. The number of para-hydroxylation sites is 1. The molecule has 1 N–H and O–H groups in total. The summed E-state index contributed by atoms with van der Waals surface area (Å²) >= 11 is 6.51. The number of methoxy groups -OCH3 is 1. The van der Waals surface area contributed by atoms with E-state index in [4.69, 9.17) is 21.4 Å². The number of ether oxygens (including phenoxy) is 1. The topological polar surface area (TPSA) is 64.3 Å². The fourth-order valence-corrected chi connectivity index (χ4v) is 5.50. The third-order valence-electron chi connectivity index (χ3n) is 7.12. The number of fused-ring (bicyclic) bond motifs is 3. The predicted molar refractivity (Wildman–Crippen MR) is 153 cm³/mol. The highest BCUT2D eigenvalue weighted by Crippen LogP contribution is 2.39. The Morgan fingerprint density at radius 1 is 1.00 bits per heavy atom. The number of halogens is 1. The molecule has 1 aliphatic rings. The van der Waals surface area contributed by atoms with Crippen molar-refractivity contribution in [1.82, 2.24) is 19.2 Å². The first-order valence-corrected chi connectivity index (χ1v) is 13.1. The second kappa shape index (κ2) is 10.0. The molecular formula is C31H28ClN5O2. The largest absolute Gasteiger partial charge is 0.497 e. The number of nitrogens with zero attached hydrogens (tertiary/aromatic N) is 4. The summed E-state index contributed by atoms with van der Waals surface area (Å²) in [5, 5.41) is 8.46. The molecule has 196 valence electrons. The number of benzene rings is 3. The smallest absolute Gasteiger partial charge is 0.323 e. The lowest BCUT2D eigenvalue weighted by Crippen LogP contribution is -2.38. The predicted octanol–water partition coefficient (Wildman–Crippen LogP) is 7.08. The number of urea groups is 1. The number of carbonyl (C=O) groups excluding carboxylic acids is 1. The monoisotopic (exact) mass is 537 g/mol. The third kappa shape index (κ3) is 4.45. The molecule has 8 heteroatoms. The van der Waals surface area contributed by atoms with Crippen molar-refractivity contribution in [2.75, 3.05) is 12.4 Å². The minimum atomic E-state index is -0.407. The summed E-state index contributed by atoms with van der Waals surface area (Å²) in [6, 6.07) is 26.9. The molecule has 0 radical (unpaired) electrons. The Balaban J connectivity index is 1.54. The van der Waals surface area contributed by atoms with Crippen molar-refractivity contribution in [3.63, 3.8) is 0 Å². The molecule has 39 heavy (non-hydrogen) atoms. The van der Waals surface area contributed by atoms with Crippen LogP contribution in [0.4, 0.5) is 10.5 Å². The average Bonchev–Trinajstić information content (AvgIpc) is 3.51. The highest BCUT2D eigenvalue weighted by atomic mass is 35.5. The number of rotatable bonds is 4. The molecule has 0 saturated carbocycles. The SMILES string of the molecule is COc1cccc([C@@H]2c3cccn3-c3c(c(C)nn3-c3ccccc3)CN2C(=O)Nc2ccc(C)cc2Cl)c1. The number of anilines is 1. The minimum absolute atomic E-state index is 0.263. The van der Waals surface area contributed by atoms with E-state index in [2.05, 4.69) is 16.0 Å². The standard InChI is InChI=1S/C31H28ClN5O2/c1-20-14-15-27(26(32)17-20)33-31(38)36-19-25-21(2)34-37(23-10-5-4-6-11-23)30(25)35-16-8-13-28(35)29(36)22-9-7-12-24(18-22)39-3/h4-18,29H,19H2,1-3H3,(H,33,38)/t29-/m1/s1. The van der Waals surface area contributed by atoms with Gasteiger partial charge in [-0.2, -0.15) is 5.10 Å². The molecule has 0 spiro atoms. The summed E-state index contributed by atoms with van der Waals surface area (Å²) in [5.74, 6) is 1.64. The van der Waals surface area contributed by atoms with E-state index >= 15 is 0 Å². The molecule has 0 unspecified atom stereocenters. The van der Waals surface area contributed by atoms with Gasteiger partial charge in [-0.1, -0.05) is 48.0 Å². The van der Waals surface area contributed by atoms with Crippen LogP contribution in [-0.4, -0.2) is 32.4 Å². The second-order valence-electron chi connectivity index (χ2n) is 9.66. The molecule has 0 saturated heterocycles. The summed E-state index contributed by atoms with van der Waals surface area (Å²) in [4.78, 5) is 16.0. The van der Waals surface area contributed by atoms with Gasteiger partial charge < -0.3 is 19.5 Å². The van der Waals surface area contributed by atoms with Crippen LogP contribution >= 0.6 is 11.6 Å². The Bertz CT molecular complexity index is 1670. The zero-order valence-electron chi connectivity index (χ0n) is 21.9. The van der Waals surface area contributed by atoms with E-state index in [1.807, 2.05) is 108 Å². The first-order valence-electron chi connectivity index (χ1n) is 12.7. The van der Waals surface area contributed by atoms with Crippen molar-refractivity contribution in [1.29, 1.82) is 0 Å². The number of hydrogen-bond donors (Lipinski definition) is 1. The first kappa shape index (κ1) is 24.8. The molecule has 0 fully saturated rings. The molecule has 1 atom stereocenters. The lowest BCUT2D eigenvalue weighted by molar-refractivity contribution is 0.194. The van der Waals surface area contributed by atoms with Crippen molar-refractivity contribution in [3.8, 4) is 17.3 Å². The van der Waals surface area contributed by atoms with Crippen LogP contribution in [0, 0.1) is 13.8 Å². The van der Waals surface area contributed by atoms with Gasteiger partial charge in [-0.05, 0) is 73.5 Å². The number of carbonyl (C=O) groups is 1. The van der Waals surface area contributed by atoms with E-state index in [-0.39, 0.29) is 6.03 Å². The van der Waals surface area contributed by atoms with Crippen molar-refractivity contribution in [3.05, 3.63) is 124 Å². The summed E-state index contributed by atoms with van der Waals surface area (Å²) in [7, 11) is 1.65. The molecule has 0 bridgehead atoms. The van der Waals surface area contributed by atoms with Crippen molar-refractivity contribution in [2.24, 2.45) is 0 Å². The van der Waals surface area contributed by atoms with Crippen LogP contribution in [0.2, 0.25) is 5.02 Å². The zero-order valence-corrected chi connectivity index (χ0v) is 22.7. The maximum Gasteiger partial charge on any atom is 0.323 e. The van der Waals surface area contributed by atoms with Gasteiger partial charge in [-0.3, -0.25) is 0 Å². The van der Waals surface area contributed by atoms with Crippen LogP contribution in [-0.2, 0) is 6.54 Å². The van der Waals surface area contributed by atoms with Crippen molar-refractivity contribution < 1.29 is 9.53 Å². The van der Waals surface area contributed by atoms with Gasteiger partial charge in [0.2, 0.25) is 0 Å². The van der Waals surface area contributed by atoms with Gasteiger partial charge in [0.15, 0.2) is 0 Å². The molecule has 5 aromatic rings. The van der Waals surface area contributed by atoms with Crippen LogP contribution in [0.15, 0.2) is 91.1 Å². The van der Waals surface area contributed by atoms with Crippen LogP contribution < -0.4 is 10.1 Å². The molecular weight excluding hydrogens is 510 g/mol. The lowest BCUT2D eigenvalue weighted by atomic mass is 10.0. The maximum absolute atomic E-state index is 14.1. The Labute approximate surface area is 232 Å². The number of hydrogen-bond acceptors (Lipinski definition) is 3. The number of amides is 2. The highest BCUT2D eigenvalue weighted by molar-refractivity contribution is 6.33. The molecule has 2 aromatic heterocycles. The highest BCUT2D eigenvalue weighted by Gasteiger charge is 2.36. The third-order valence-corrected chi connectivity index (χ3v) is 7.44. The quantitative estimate of drug-likeness (QED) is 0.266. The number of aromatic nitrogens is 3. The van der Waals surface area contributed by atoms with E-state index in [9.17, 15) is 4.79 Å². The van der Waals surface area contributed by atoms with Crippen LogP contribution in [0.3, 0.4) is 0 Å². The fraction of sp³-hybridized carbons (Fsp3) is 0.161. The Kier molecular flexibility index (Phi) is 6.37. The van der Waals surface area contributed by atoms with Gasteiger partial charge in [0.05, 0.1) is 47.5 Å². The Morgan fingerprint density at radius 2 is 1.82 bits per heavy atom. The van der Waals surface area contributed by atoms with E-state index in [1.165, 1.54) is 0 Å². The van der Waals surface area contributed by atoms with Gasteiger partial charge in [-0.15, -0.1) is 0 Å². The van der Waals surface area contributed by atoms with Gasteiger partial charge in [0.25, 0.3) is 0 Å². The van der Waals surface area contributed by atoms with Crippen molar-refractivity contribution >= 4 is 23.3 Å². The molecule has 0 aliphatic carbocycles. The maximum atomic E-state index is 14.1. The zero-order chi connectivity index (χ0) is 27.1. The normalized spacial score (nSPS) is 14.4. The summed E-state index contributed by atoms with van der Waals surface area (Å²) < 4.78 is 9.64. The summed E-state index contributed by atoms with van der Waals surface area (Å²) in [6.07, 6.45) is 2.03. The van der Waals surface area contributed by atoms with Gasteiger partial charge in [-0.25, -0.2) is 9.48 Å². The van der Waals surface area contributed by atoms with Crippen LogP contribution in [0.5, 0.6) is 5.75 Å². The van der Waals surface area contributed by atoms with Gasteiger partial charge in [0.1, 0.15) is 11.6 Å². The fourth-order valence-electron chi connectivity index (χ4n) is 5.22. The Hall–Kier alpha value is -4.49. The van der Waals surface area contributed by atoms with Gasteiger partial charge in [0, 0.05) is 11.8 Å². The second-order valence-corrected chi connectivity index (χ2v) is 10.1. The summed E-state index contributed by atoms with van der Waals surface area (Å²) in [6.45, 7) is 4.29. The Morgan fingerprint density at radius 3 is 2.59 bits per heavy atom. The molecule has 3 heterocycles. The number of nitrogens with one attached hydrogen (secondary N) is 1. The minimum Gasteiger partial charge on any atom is -0.497 e. The lowest BCUT2D eigenvalue weighted by Gasteiger charge is -2.31. The number of aryl methyl sites for hydroxylation is 2. The van der Waals surface area contributed by atoms with Crippen molar-refractivity contribution in [2.45, 2.75) is 26.4 Å². The molecule has 1 aliphatic heterocycles. The van der Waals surface area contributed by atoms with E-state index in [1.54, 1.807) is 7.11 Å². The van der Waals surface area contributed by atoms with Crippen LogP contribution in [0.25, 0.3) is 11.5 Å². The molecule has 2 amide bonds. The van der Waals surface area contributed by atoms with E-state index in [0.29, 0.717) is 17.3 Å². The summed E-state index contributed by atoms with van der Waals surface area (Å²) in [5.41, 5.74) is 6.22. The molecule has 6 rings (SSSR count). The van der Waals surface area contributed by atoms with Crippen LogP contribution in [0.1, 0.15) is 34.1 Å². The molecule has 3 aromatic carbocycles. The average molecular weight is 538 g/mol. The molecule has 7 nitrogen and oxygen atoms in total.